The number of aryl methyl sites for hydroxylation is 1. The topological polar surface area (TPSA) is 58.4 Å². The summed E-state index contributed by atoms with van der Waals surface area (Å²) < 4.78 is 14.9. The maximum Gasteiger partial charge on any atom is 0.264 e. The molecular formula is C18H18FN3O2S. The van der Waals surface area contributed by atoms with E-state index in [2.05, 4.69) is 5.10 Å². The van der Waals surface area contributed by atoms with Gasteiger partial charge in [-0.3, -0.25) is 4.79 Å². The largest absolute Gasteiger partial charge is 0.393 e. The predicted octanol–water partition coefficient (Wildman–Crippen LogP) is 3.13. The third-order valence-corrected chi connectivity index (χ3v) is 5.68. The molecule has 1 saturated heterocycles. The number of fused-ring (bicyclic) bond motifs is 1. The highest BCUT2D eigenvalue weighted by molar-refractivity contribution is 7.20. The molecule has 0 spiro atoms. The Morgan fingerprint density at radius 2 is 1.96 bits per heavy atom. The normalized spacial score (nSPS) is 15.9. The molecule has 3 aromatic rings. The molecule has 1 amide bonds. The van der Waals surface area contributed by atoms with Crippen LogP contribution in [-0.2, 0) is 0 Å². The van der Waals surface area contributed by atoms with E-state index >= 15 is 0 Å². The Kier molecular flexibility index (Phi) is 4.05. The van der Waals surface area contributed by atoms with E-state index in [1.54, 1.807) is 21.7 Å². The molecule has 4 rings (SSSR count). The van der Waals surface area contributed by atoms with Gasteiger partial charge in [0.15, 0.2) is 0 Å². The van der Waals surface area contributed by atoms with Crippen molar-refractivity contribution in [1.82, 2.24) is 14.7 Å². The molecule has 3 heterocycles. The Hall–Kier alpha value is -2.25. The molecule has 5 nitrogen and oxygen atoms in total. The zero-order chi connectivity index (χ0) is 17.6. The van der Waals surface area contributed by atoms with Gasteiger partial charge in [0.05, 0.1) is 22.4 Å². The molecule has 1 N–H and O–H groups in total. The van der Waals surface area contributed by atoms with Crippen LogP contribution in [0, 0.1) is 12.7 Å². The highest BCUT2D eigenvalue weighted by Crippen LogP contribution is 2.31. The number of aliphatic hydroxyl groups excluding tert-OH is 1. The van der Waals surface area contributed by atoms with Crippen molar-refractivity contribution in [1.29, 1.82) is 0 Å². The number of piperidine rings is 1. The lowest BCUT2D eigenvalue weighted by molar-refractivity contribution is 0.0551. The van der Waals surface area contributed by atoms with Gasteiger partial charge >= 0.3 is 0 Å². The van der Waals surface area contributed by atoms with Crippen LogP contribution in [0.2, 0.25) is 0 Å². The van der Waals surface area contributed by atoms with Crippen LogP contribution in [0.5, 0.6) is 0 Å². The highest BCUT2D eigenvalue weighted by atomic mass is 32.1. The number of nitrogens with zero attached hydrogens (tertiary/aromatic N) is 3. The van der Waals surface area contributed by atoms with Crippen LogP contribution in [-0.4, -0.2) is 44.9 Å². The third-order valence-electron chi connectivity index (χ3n) is 4.58. The molecule has 1 aliphatic heterocycles. The lowest BCUT2D eigenvalue weighted by Gasteiger charge is -2.29. The summed E-state index contributed by atoms with van der Waals surface area (Å²) in [6.07, 6.45) is 0.943. The van der Waals surface area contributed by atoms with Gasteiger partial charge < -0.3 is 10.0 Å². The first kappa shape index (κ1) is 16.2. The number of hydrogen-bond donors (Lipinski definition) is 1. The van der Waals surface area contributed by atoms with Crippen molar-refractivity contribution >= 4 is 27.5 Å². The number of aliphatic hydroxyl groups is 1. The second kappa shape index (κ2) is 6.24. The zero-order valence-electron chi connectivity index (χ0n) is 13.8. The van der Waals surface area contributed by atoms with Crippen molar-refractivity contribution < 1.29 is 14.3 Å². The fourth-order valence-corrected chi connectivity index (χ4v) is 4.29. The molecule has 0 unspecified atom stereocenters. The van der Waals surface area contributed by atoms with Gasteiger partial charge in [0, 0.05) is 18.5 Å². The van der Waals surface area contributed by atoms with Crippen LogP contribution in [0.25, 0.3) is 15.9 Å². The number of likely N-dealkylation sites (tertiary alicyclic amines) is 1. The lowest BCUT2D eigenvalue weighted by atomic mass is 10.1. The van der Waals surface area contributed by atoms with E-state index in [0.29, 0.717) is 30.8 Å². The second-order valence-corrected chi connectivity index (χ2v) is 7.36. The summed E-state index contributed by atoms with van der Waals surface area (Å²) in [4.78, 5) is 16.1. The monoisotopic (exact) mass is 359 g/mol. The smallest absolute Gasteiger partial charge is 0.264 e. The van der Waals surface area contributed by atoms with E-state index in [9.17, 15) is 14.3 Å². The molecular weight excluding hydrogens is 341 g/mol. The average Bonchev–Trinajstić information content (AvgIpc) is 3.17. The molecule has 25 heavy (non-hydrogen) atoms. The van der Waals surface area contributed by atoms with Gasteiger partial charge in [-0.15, -0.1) is 11.3 Å². The molecule has 2 aromatic heterocycles. The third kappa shape index (κ3) is 2.94. The number of hydrogen-bond acceptors (Lipinski definition) is 4. The van der Waals surface area contributed by atoms with Crippen LogP contribution >= 0.6 is 11.3 Å². The maximum absolute atomic E-state index is 13.2. The summed E-state index contributed by atoms with van der Waals surface area (Å²) in [5, 5.41) is 15.1. The molecule has 1 fully saturated rings. The van der Waals surface area contributed by atoms with Crippen molar-refractivity contribution in [3.8, 4) is 5.69 Å². The number of carbonyl (C=O) groups excluding carboxylic acids is 1. The summed E-state index contributed by atoms with van der Waals surface area (Å²) in [5.41, 5.74) is 1.60. The highest BCUT2D eigenvalue weighted by Gasteiger charge is 2.25. The Morgan fingerprint density at radius 1 is 1.28 bits per heavy atom. The zero-order valence-corrected chi connectivity index (χ0v) is 14.6. The van der Waals surface area contributed by atoms with Crippen LogP contribution in [0.1, 0.15) is 28.2 Å². The van der Waals surface area contributed by atoms with Crippen molar-refractivity contribution in [2.75, 3.05) is 13.1 Å². The molecule has 1 aliphatic rings. The van der Waals surface area contributed by atoms with Gasteiger partial charge in [0.25, 0.3) is 5.91 Å². The first-order valence-electron chi connectivity index (χ1n) is 8.25. The number of benzene rings is 1. The van der Waals surface area contributed by atoms with Crippen molar-refractivity contribution in [2.24, 2.45) is 0 Å². The summed E-state index contributed by atoms with van der Waals surface area (Å²) in [6, 6.07) is 8.03. The maximum atomic E-state index is 13.2. The SMILES string of the molecule is Cc1nn(-c2ccc(F)cc2)c2sc(C(=O)N3CCC(O)CC3)cc12. The fraction of sp³-hybridized carbons (Fsp3) is 0.333. The van der Waals surface area contributed by atoms with Gasteiger partial charge in [0.1, 0.15) is 10.6 Å². The minimum atomic E-state index is -0.305. The first-order valence-corrected chi connectivity index (χ1v) is 9.07. The number of carbonyl (C=O) groups is 1. The van der Waals surface area contributed by atoms with E-state index < -0.39 is 0 Å². The van der Waals surface area contributed by atoms with Crippen LogP contribution in [0.15, 0.2) is 30.3 Å². The number of halogens is 1. The van der Waals surface area contributed by atoms with Gasteiger partial charge in [-0.25, -0.2) is 9.07 Å². The van der Waals surface area contributed by atoms with E-state index in [0.717, 1.165) is 21.6 Å². The Bertz CT molecular complexity index is 924. The van der Waals surface area contributed by atoms with Crippen molar-refractivity contribution in [2.45, 2.75) is 25.9 Å². The molecule has 0 bridgehead atoms. The van der Waals surface area contributed by atoms with E-state index in [-0.39, 0.29) is 17.8 Å². The Labute approximate surface area is 148 Å². The number of amides is 1. The van der Waals surface area contributed by atoms with Gasteiger partial charge in [-0.05, 0) is 50.1 Å². The van der Waals surface area contributed by atoms with Crippen molar-refractivity contribution in [3.63, 3.8) is 0 Å². The molecule has 0 aliphatic carbocycles. The number of aromatic nitrogens is 2. The van der Waals surface area contributed by atoms with Crippen LogP contribution < -0.4 is 0 Å². The van der Waals surface area contributed by atoms with Crippen molar-refractivity contribution in [3.05, 3.63) is 46.7 Å². The van der Waals surface area contributed by atoms with E-state index in [1.165, 1.54) is 23.5 Å². The Morgan fingerprint density at radius 3 is 2.64 bits per heavy atom. The quantitative estimate of drug-likeness (QED) is 0.765. The van der Waals surface area contributed by atoms with Gasteiger partial charge in [-0.2, -0.15) is 5.10 Å². The summed E-state index contributed by atoms with van der Waals surface area (Å²) >= 11 is 1.40. The summed E-state index contributed by atoms with van der Waals surface area (Å²) in [5.74, 6) is -0.295. The Balaban J connectivity index is 1.69. The molecule has 1 aromatic carbocycles. The minimum absolute atomic E-state index is 0.00171. The predicted molar refractivity (Wildman–Crippen MR) is 94.8 cm³/mol. The summed E-state index contributed by atoms with van der Waals surface area (Å²) in [7, 11) is 0. The molecule has 7 heteroatoms. The minimum Gasteiger partial charge on any atom is -0.393 e. The lowest BCUT2D eigenvalue weighted by Crippen LogP contribution is -2.39. The van der Waals surface area contributed by atoms with Gasteiger partial charge in [-0.1, -0.05) is 0 Å². The first-order chi connectivity index (χ1) is 12.0. The van der Waals surface area contributed by atoms with Crippen LogP contribution in [0.4, 0.5) is 4.39 Å². The molecule has 0 radical (unpaired) electrons. The van der Waals surface area contributed by atoms with Crippen LogP contribution in [0.3, 0.4) is 0 Å². The molecule has 130 valence electrons. The number of rotatable bonds is 2. The number of thiophene rings is 1. The standard InChI is InChI=1S/C18H18FN3O2S/c1-11-15-10-16(17(24)21-8-6-14(23)7-9-21)25-18(15)22(20-11)13-4-2-12(19)3-5-13/h2-5,10,14,23H,6-9H2,1H3. The molecule has 0 saturated carbocycles. The van der Waals surface area contributed by atoms with E-state index in [4.69, 9.17) is 0 Å². The average molecular weight is 359 g/mol. The fourth-order valence-electron chi connectivity index (χ4n) is 3.13. The summed E-state index contributed by atoms with van der Waals surface area (Å²) in [6.45, 7) is 3.06. The van der Waals surface area contributed by atoms with E-state index in [1.807, 2.05) is 13.0 Å². The molecule has 0 atom stereocenters. The second-order valence-electron chi connectivity index (χ2n) is 6.33. The van der Waals surface area contributed by atoms with Gasteiger partial charge in [0.2, 0.25) is 0 Å².